The summed E-state index contributed by atoms with van der Waals surface area (Å²) < 4.78 is 0. The summed E-state index contributed by atoms with van der Waals surface area (Å²) in [5, 5.41) is 29.6. The summed E-state index contributed by atoms with van der Waals surface area (Å²) in [5.74, 6) is -1.10. The van der Waals surface area contributed by atoms with Gasteiger partial charge in [-0.05, 0) is 38.5 Å². The van der Waals surface area contributed by atoms with Crippen LogP contribution < -0.4 is 24.0 Å². The number of aliphatic carboxylic acids is 1. The molecule has 22 heavy (non-hydrogen) atoms. The maximum absolute atomic E-state index is 11.5. The number of hydrogen-bond acceptors (Lipinski definition) is 5. The third-order valence-corrected chi connectivity index (χ3v) is 2.75. The number of carbonyl (C=O) groups is 1. The number of nitrogens with zero attached hydrogens (tertiary/aromatic N) is 2. The smallest absolute Gasteiger partial charge is 0.862 e. The Morgan fingerprint density at radius 2 is 2.09 bits per heavy atom. The van der Waals surface area contributed by atoms with E-state index in [1.165, 1.54) is 0 Å². The Hall–Kier alpha value is -0.803. The second-order valence-electron chi connectivity index (χ2n) is 5.03. The monoisotopic (exact) mass is 306 g/mol. The predicted octanol–water partition coefficient (Wildman–Crippen LogP) is -2.35. The van der Waals surface area contributed by atoms with E-state index in [-0.39, 0.29) is 44.4 Å². The first-order valence-corrected chi connectivity index (χ1v) is 7.43. The molecule has 0 amide bonds. The van der Waals surface area contributed by atoms with Crippen molar-refractivity contribution in [3.8, 4) is 0 Å². The SMILES string of the molecule is CC/C=C/CCCC([O-])=NCCN(CC(=O)O)CC(C)O.[Li+]. The van der Waals surface area contributed by atoms with Crippen molar-refractivity contribution in [3.63, 3.8) is 0 Å². The van der Waals surface area contributed by atoms with Crippen molar-refractivity contribution >= 4 is 11.9 Å². The van der Waals surface area contributed by atoms with Gasteiger partial charge in [-0.15, -0.1) is 0 Å². The van der Waals surface area contributed by atoms with Crippen molar-refractivity contribution < 1.29 is 39.0 Å². The van der Waals surface area contributed by atoms with Crippen LogP contribution in [-0.2, 0) is 4.79 Å². The number of aliphatic hydroxyl groups excluding tert-OH is 1. The van der Waals surface area contributed by atoms with Crippen molar-refractivity contribution in [2.75, 3.05) is 26.2 Å². The Morgan fingerprint density at radius 3 is 2.64 bits per heavy atom. The van der Waals surface area contributed by atoms with Crippen LogP contribution in [0.15, 0.2) is 17.1 Å². The third-order valence-electron chi connectivity index (χ3n) is 2.75. The number of aliphatic hydroxyl groups is 1. The minimum Gasteiger partial charge on any atom is -0.862 e. The molecule has 0 saturated carbocycles. The fourth-order valence-electron chi connectivity index (χ4n) is 1.85. The van der Waals surface area contributed by atoms with Crippen LogP contribution >= 0.6 is 0 Å². The van der Waals surface area contributed by atoms with Gasteiger partial charge in [-0.2, -0.15) is 0 Å². The van der Waals surface area contributed by atoms with E-state index in [0.717, 1.165) is 19.3 Å². The van der Waals surface area contributed by atoms with Crippen LogP contribution in [0, 0.1) is 0 Å². The molecule has 1 unspecified atom stereocenters. The van der Waals surface area contributed by atoms with Gasteiger partial charge >= 0.3 is 24.8 Å². The molecule has 0 fully saturated rings. The number of rotatable bonds is 12. The summed E-state index contributed by atoms with van der Waals surface area (Å²) in [5.41, 5.74) is 0. The molecular formula is C15H27LiN2O4. The first-order valence-electron chi connectivity index (χ1n) is 7.43. The predicted molar refractivity (Wildman–Crippen MR) is 81.3 cm³/mol. The van der Waals surface area contributed by atoms with Crippen molar-refractivity contribution in [1.29, 1.82) is 0 Å². The molecule has 1 atom stereocenters. The number of carboxylic acids is 1. The molecule has 0 bridgehead atoms. The quantitative estimate of drug-likeness (QED) is 0.138. The average molecular weight is 306 g/mol. The molecule has 0 aliphatic heterocycles. The van der Waals surface area contributed by atoms with Gasteiger partial charge in [0.05, 0.1) is 19.2 Å². The van der Waals surface area contributed by atoms with E-state index in [0.29, 0.717) is 13.0 Å². The summed E-state index contributed by atoms with van der Waals surface area (Å²) in [4.78, 5) is 16.2. The molecule has 7 heteroatoms. The standard InChI is InChI=1S/C15H28N2O4.Li/c1-3-4-5-6-7-8-14(19)16-9-10-17(11-13(2)18)12-15(20)21;/h4-5,13,18H,3,6-12H2,1-2H3,(H,16,19)(H,20,21);/q;+1/p-1/b5-4+;. The third kappa shape index (κ3) is 15.6. The number of unbranched alkanes of at least 4 members (excludes halogenated alkanes) is 1. The summed E-state index contributed by atoms with van der Waals surface area (Å²) in [7, 11) is 0. The van der Waals surface area contributed by atoms with E-state index in [9.17, 15) is 15.0 Å². The molecular weight excluding hydrogens is 279 g/mol. The average Bonchev–Trinajstić information content (AvgIpc) is 2.37. The Bertz CT molecular complexity index is 346. The van der Waals surface area contributed by atoms with Crippen LogP contribution in [0.1, 0.15) is 39.5 Å². The second-order valence-corrected chi connectivity index (χ2v) is 5.03. The van der Waals surface area contributed by atoms with Gasteiger partial charge in [0.25, 0.3) is 0 Å². The van der Waals surface area contributed by atoms with Crippen LogP contribution in [0.5, 0.6) is 0 Å². The minimum atomic E-state index is -0.954. The first kappa shape index (κ1) is 23.5. The van der Waals surface area contributed by atoms with Crippen LogP contribution in [0.25, 0.3) is 0 Å². The first-order chi connectivity index (χ1) is 9.95. The van der Waals surface area contributed by atoms with Crippen molar-refractivity contribution in [2.24, 2.45) is 4.99 Å². The van der Waals surface area contributed by atoms with Crippen molar-refractivity contribution in [2.45, 2.75) is 45.6 Å². The van der Waals surface area contributed by atoms with Gasteiger partial charge in [0, 0.05) is 13.1 Å². The molecule has 0 rings (SSSR count). The Balaban J connectivity index is 0. The Morgan fingerprint density at radius 1 is 1.41 bits per heavy atom. The fourth-order valence-corrected chi connectivity index (χ4v) is 1.85. The molecule has 0 spiro atoms. The summed E-state index contributed by atoms with van der Waals surface area (Å²) >= 11 is 0. The van der Waals surface area contributed by atoms with Crippen LogP contribution in [-0.4, -0.2) is 59.3 Å². The number of allylic oxidation sites excluding steroid dienone is 2. The fraction of sp³-hybridized carbons (Fsp3) is 0.733. The zero-order valence-electron chi connectivity index (χ0n) is 14.0. The van der Waals surface area contributed by atoms with Crippen LogP contribution in [0.3, 0.4) is 0 Å². The second kappa shape index (κ2) is 15.1. The molecule has 0 aliphatic carbocycles. The molecule has 6 nitrogen and oxygen atoms in total. The number of hydrogen-bond donors (Lipinski definition) is 2. The minimum absolute atomic E-state index is 0. The van der Waals surface area contributed by atoms with Gasteiger partial charge in [0.2, 0.25) is 0 Å². The molecule has 0 radical (unpaired) electrons. The molecule has 0 saturated heterocycles. The van der Waals surface area contributed by atoms with Gasteiger partial charge in [0.1, 0.15) is 0 Å². The summed E-state index contributed by atoms with van der Waals surface area (Å²) in [6.45, 7) is 4.39. The molecule has 0 heterocycles. The molecule has 122 valence electrons. The van der Waals surface area contributed by atoms with Crippen LogP contribution in [0.2, 0.25) is 0 Å². The molecule has 2 N–H and O–H groups in total. The largest absolute Gasteiger partial charge is 1.00 e. The van der Waals surface area contributed by atoms with E-state index in [4.69, 9.17) is 5.11 Å². The maximum atomic E-state index is 11.5. The van der Waals surface area contributed by atoms with E-state index in [1.54, 1.807) is 11.8 Å². The van der Waals surface area contributed by atoms with Gasteiger partial charge in [-0.1, -0.05) is 19.1 Å². The van der Waals surface area contributed by atoms with E-state index < -0.39 is 12.1 Å². The van der Waals surface area contributed by atoms with Gasteiger partial charge in [0.15, 0.2) is 0 Å². The Labute approximate surface area is 145 Å². The van der Waals surface area contributed by atoms with E-state index in [2.05, 4.69) is 24.1 Å². The molecule has 0 aromatic carbocycles. The zero-order chi connectivity index (χ0) is 16.1. The van der Waals surface area contributed by atoms with E-state index >= 15 is 0 Å². The molecule has 0 aliphatic rings. The Kier molecular flexibility index (Phi) is 16.1. The van der Waals surface area contributed by atoms with E-state index in [1.807, 2.05) is 0 Å². The normalized spacial score (nSPS) is 13.4. The topological polar surface area (TPSA) is 96.2 Å². The van der Waals surface area contributed by atoms with Crippen molar-refractivity contribution in [3.05, 3.63) is 12.2 Å². The van der Waals surface area contributed by atoms with Crippen molar-refractivity contribution in [1.82, 2.24) is 4.90 Å². The molecule has 0 aromatic heterocycles. The molecule has 0 aromatic rings. The summed E-state index contributed by atoms with van der Waals surface area (Å²) in [6, 6.07) is 0. The van der Waals surface area contributed by atoms with Crippen LogP contribution in [0.4, 0.5) is 0 Å². The number of aliphatic imine (C=N–C) groups is 1. The maximum Gasteiger partial charge on any atom is 1.00 e. The zero-order valence-corrected chi connectivity index (χ0v) is 14.0. The van der Waals surface area contributed by atoms with Gasteiger partial charge in [-0.25, -0.2) is 0 Å². The number of carboxylic acid groups (broad SMARTS) is 1. The van der Waals surface area contributed by atoms with Gasteiger partial charge in [-0.3, -0.25) is 9.69 Å². The van der Waals surface area contributed by atoms with Gasteiger partial charge < -0.3 is 20.3 Å². The summed E-state index contributed by atoms with van der Waals surface area (Å²) in [6.07, 6.45) is 6.61.